The number of imidazole rings is 2. The van der Waals surface area contributed by atoms with Crippen molar-refractivity contribution >= 4 is 66.9 Å². The molecule has 5 heterocycles. The average Bonchev–Trinajstić information content (AvgIpc) is 3.89. The molecular weight excluding hydrogens is 654 g/mol. The lowest BCUT2D eigenvalue weighted by Crippen LogP contribution is -2.51. The number of nitrogens with zero attached hydrogens (tertiary/aromatic N) is 4. The number of aromatic nitrogens is 4. The molecule has 5 aromatic rings. The number of likely N-dealkylation sites (tertiary alicyclic amines) is 1. The first-order valence-electron chi connectivity index (χ1n) is 15.9. The third-order valence-corrected chi connectivity index (χ3v) is 10.8. The quantitative estimate of drug-likeness (QED) is 0.104. The van der Waals surface area contributed by atoms with E-state index in [0.29, 0.717) is 13.1 Å². The maximum atomic E-state index is 13.6. The molecule has 1 aliphatic rings. The molecule has 0 radical (unpaired) electrons. The van der Waals surface area contributed by atoms with Crippen LogP contribution in [0.1, 0.15) is 75.4 Å². The van der Waals surface area contributed by atoms with E-state index in [4.69, 9.17) is 21.5 Å². The van der Waals surface area contributed by atoms with E-state index < -0.39 is 12.1 Å². The highest BCUT2D eigenvalue weighted by atomic mass is 35.5. The Hall–Kier alpha value is -3.89. The zero-order valence-corrected chi connectivity index (χ0v) is 29.2. The Kier molecular flexibility index (Phi) is 10.2. The van der Waals surface area contributed by atoms with Crippen molar-refractivity contribution < 1.29 is 14.3 Å². The van der Waals surface area contributed by atoms with E-state index in [9.17, 15) is 9.59 Å². The lowest BCUT2D eigenvalue weighted by molar-refractivity contribution is -0.135. The smallest absolute Gasteiger partial charge is 0.407 e. The van der Waals surface area contributed by atoms with Crippen molar-refractivity contribution in [3.05, 3.63) is 58.1 Å². The van der Waals surface area contributed by atoms with Gasteiger partial charge in [-0.05, 0) is 60.6 Å². The van der Waals surface area contributed by atoms with Gasteiger partial charge in [0.2, 0.25) is 5.91 Å². The molecule has 0 aliphatic carbocycles. The number of halogens is 1. The fraction of sp³-hybridized carbons (Fsp3) is 0.412. The summed E-state index contributed by atoms with van der Waals surface area (Å²) in [5, 5.41) is 7.00. The SMILES string of the molecule is CCCCN(Cl)Cc1ncc(C#Cc2csc3c(-c4ccc5nc(C6CCCN6C(=O)C(NC(=O)OC)C(C)C)[nH]c5c4)csc23)[nH]1. The van der Waals surface area contributed by atoms with Gasteiger partial charge in [0.25, 0.3) is 0 Å². The Balaban J connectivity index is 1.19. The Morgan fingerprint density at radius 3 is 2.83 bits per heavy atom. The molecule has 1 aliphatic heterocycles. The number of rotatable bonds is 10. The highest BCUT2D eigenvalue weighted by Gasteiger charge is 2.37. The summed E-state index contributed by atoms with van der Waals surface area (Å²) in [4.78, 5) is 43.4. The van der Waals surface area contributed by atoms with E-state index in [1.54, 1.807) is 33.3 Å². The number of alkyl carbamates (subject to hydrolysis) is 1. The highest BCUT2D eigenvalue weighted by Crippen LogP contribution is 2.41. The molecule has 47 heavy (non-hydrogen) atoms. The molecule has 0 spiro atoms. The van der Waals surface area contributed by atoms with Crippen LogP contribution in [-0.2, 0) is 16.1 Å². The van der Waals surface area contributed by atoms with Crippen LogP contribution in [0.15, 0.2) is 35.2 Å². The van der Waals surface area contributed by atoms with E-state index >= 15 is 0 Å². The standard InChI is InChI=1S/C34H38ClN7O3S2/c1-5-6-13-41(35)17-28-36-16-23(37-28)11-9-22-18-46-31-24(19-47-30(22)31)21-10-12-25-26(15-21)39-32(38-25)27-8-7-14-42(27)33(43)29(20(2)3)40-34(44)45-4/h10,12,15-16,18-20,27,29H,5-8,13-14,17H2,1-4H3,(H,36,37)(H,38,39)(H,40,44). The van der Waals surface area contributed by atoms with Gasteiger partial charge in [-0.2, -0.15) is 0 Å². The Bertz CT molecular complexity index is 1950. The van der Waals surface area contributed by atoms with Crippen LogP contribution in [0.2, 0.25) is 0 Å². The summed E-state index contributed by atoms with van der Waals surface area (Å²) in [5.74, 6) is 7.91. The van der Waals surface area contributed by atoms with E-state index in [2.05, 4.69) is 61.9 Å². The Morgan fingerprint density at radius 2 is 2.04 bits per heavy atom. The van der Waals surface area contributed by atoms with E-state index in [0.717, 1.165) is 82.0 Å². The number of hydrogen-bond donors (Lipinski definition) is 3. The van der Waals surface area contributed by atoms with Gasteiger partial charge in [0.05, 0.1) is 51.9 Å². The third kappa shape index (κ3) is 7.18. The summed E-state index contributed by atoms with van der Waals surface area (Å²) in [6.07, 6.45) is 4.95. The summed E-state index contributed by atoms with van der Waals surface area (Å²) >= 11 is 9.69. The normalized spacial score (nSPS) is 15.5. The van der Waals surface area contributed by atoms with E-state index in [1.807, 2.05) is 24.8 Å². The molecular formula is C34H38ClN7O3S2. The minimum Gasteiger partial charge on any atom is -0.453 e. The molecule has 13 heteroatoms. The minimum atomic E-state index is -0.672. The van der Waals surface area contributed by atoms with Gasteiger partial charge in [0.15, 0.2) is 0 Å². The van der Waals surface area contributed by atoms with Gasteiger partial charge >= 0.3 is 6.09 Å². The maximum Gasteiger partial charge on any atom is 0.407 e. The predicted octanol–water partition coefficient (Wildman–Crippen LogP) is 7.43. The molecule has 0 saturated carbocycles. The van der Waals surface area contributed by atoms with Crippen LogP contribution < -0.4 is 5.32 Å². The Morgan fingerprint density at radius 1 is 1.21 bits per heavy atom. The largest absolute Gasteiger partial charge is 0.453 e. The first-order valence-corrected chi connectivity index (χ1v) is 18.0. The summed E-state index contributed by atoms with van der Waals surface area (Å²) < 4.78 is 8.87. The molecule has 246 valence electrons. The van der Waals surface area contributed by atoms with Crippen molar-refractivity contribution in [1.82, 2.24) is 34.6 Å². The number of benzene rings is 1. The molecule has 10 nitrogen and oxygen atoms in total. The monoisotopic (exact) mass is 691 g/mol. The van der Waals surface area contributed by atoms with Gasteiger partial charge in [-0.25, -0.2) is 19.2 Å². The van der Waals surface area contributed by atoms with Gasteiger partial charge in [-0.3, -0.25) is 4.79 Å². The first kappa shape index (κ1) is 33.0. The molecule has 2 amide bonds. The van der Waals surface area contributed by atoms with Crippen LogP contribution in [0.3, 0.4) is 0 Å². The number of fused-ring (bicyclic) bond motifs is 2. The number of methoxy groups -OCH3 is 1. The number of unbranched alkanes of at least 4 members (excludes halogenated alkanes) is 1. The topological polar surface area (TPSA) is 119 Å². The van der Waals surface area contributed by atoms with E-state index in [-0.39, 0.29) is 17.9 Å². The number of carbonyl (C=O) groups is 2. The lowest BCUT2D eigenvalue weighted by atomic mass is 10.0. The number of carbonyl (C=O) groups excluding carboxylic acids is 2. The summed E-state index contributed by atoms with van der Waals surface area (Å²) in [7, 11) is 1.30. The van der Waals surface area contributed by atoms with Crippen LogP contribution in [0.4, 0.5) is 4.79 Å². The zero-order chi connectivity index (χ0) is 33.1. The number of hydrogen-bond acceptors (Lipinski definition) is 8. The lowest BCUT2D eigenvalue weighted by Gasteiger charge is -2.29. The predicted molar refractivity (Wildman–Crippen MR) is 188 cm³/mol. The van der Waals surface area contributed by atoms with Crippen molar-refractivity contribution in [3.8, 4) is 23.0 Å². The van der Waals surface area contributed by atoms with Crippen molar-refractivity contribution in [2.45, 2.75) is 65.1 Å². The number of H-pyrrole nitrogens is 2. The van der Waals surface area contributed by atoms with Gasteiger partial charge in [-0.15, -0.1) is 22.7 Å². The number of amides is 2. The molecule has 1 fully saturated rings. The van der Waals surface area contributed by atoms with Crippen molar-refractivity contribution in [3.63, 3.8) is 0 Å². The molecule has 4 aromatic heterocycles. The summed E-state index contributed by atoms with van der Waals surface area (Å²) in [6, 6.07) is 5.39. The number of ether oxygens (including phenoxy) is 1. The fourth-order valence-electron chi connectivity index (χ4n) is 5.87. The molecule has 2 atom stereocenters. The van der Waals surface area contributed by atoms with Gasteiger partial charge in [0.1, 0.15) is 23.4 Å². The third-order valence-electron chi connectivity index (χ3n) is 8.37. The van der Waals surface area contributed by atoms with Gasteiger partial charge < -0.3 is 24.9 Å². The van der Waals surface area contributed by atoms with Crippen molar-refractivity contribution in [2.75, 3.05) is 20.2 Å². The first-order chi connectivity index (χ1) is 22.7. The minimum absolute atomic E-state index is 0.0895. The molecule has 2 unspecified atom stereocenters. The molecule has 0 bridgehead atoms. The second-order valence-electron chi connectivity index (χ2n) is 12.0. The number of nitrogens with one attached hydrogen (secondary N) is 3. The van der Waals surface area contributed by atoms with Crippen LogP contribution in [0, 0.1) is 17.8 Å². The van der Waals surface area contributed by atoms with Crippen LogP contribution in [0.5, 0.6) is 0 Å². The van der Waals surface area contributed by atoms with Crippen LogP contribution in [0.25, 0.3) is 31.6 Å². The van der Waals surface area contributed by atoms with Crippen LogP contribution >= 0.6 is 34.5 Å². The van der Waals surface area contributed by atoms with Gasteiger partial charge in [-0.1, -0.05) is 39.2 Å². The summed E-state index contributed by atoms with van der Waals surface area (Å²) in [6.45, 7) is 7.95. The van der Waals surface area contributed by atoms with Crippen molar-refractivity contribution in [1.29, 1.82) is 0 Å². The molecule has 1 saturated heterocycles. The fourth-order valence-corrected chi connectivity index (χ4v) is 8.41. The second-order valence-corrected chi connectivity index (χ2v) is 14.3. The maximum absolute atomic E-state index is 13.6. The molecule has 6 rings (SSSR count). The second kappa shape index (κ2) is 14.5. The van der Waals surface area contributed by atoms with Crippen LogP contribution in [-0.4, -0.2) is 67.5 Å². The Labute approximate surface area is 287 Å². The molecule has 1 aromatic carbocycles. The van der Waals surface area contributed by atoms with Crippen molar-refractivity contribution in [2.24, 2.45) is 5.92 Å². The van der Waals surface area contributed by atoms with Gasteiger partial charge in [0, 0.05) is 29.4 Å². The number of aromatic amines is 2. The zero-order valence-electron chi connectivity index (χ0n) is 26.9. The van der Waals surface area contributed by atoms with E-state index in [1.165, 1.54) is 11.8 Å². The summed E-state index contributed by atoms with van der Waals surface area (Å²) in [5.41, 5.74) is 5.78. The highest BCUT2D eigenvalue weighted by molar-refractivity contribution is 7.27. The number of thiophene rings is 2. The molecule has 3 N–H and O–H groups in total. The average molecular weight is 692 g/mol.